The van der Waals surface area contributed by atoms with Crippen molar-refractivity contribution in [3.63, 3.8) is 0 Å². The Morgan fingerprint density at radius 1 is 1.22 bits per heavy atom. The van der Waals surface area contributed by atoms with E-state index in [1.54, 1.807) is 4.90 Å². The Bertz CT molecular complexity index is 588. The maximum absolute atomic E-state index is 12.0. The summed E-state index contributed by atoms with van der Waals surface area (Å²) >= 11 is 0. The third kappa shape index (κ3) is 2.27. The van der Waals surface area contributed by atoms with E-state index in [9.17, 15) is 4.79 Å². The van der Waals surface area contributed by atoms with Gasteiger partial charge in [0.25, 0.3) is 5.56 Å². The van der Waals surface area contributed by atoms with Gasteiger partial charge in [-0.05, 0) is 6.42 Å². The van der Waals surface area contributed by atoms with Gasteiger partial charge < -0.3 is 4.90 Å². The molecular weight excluding hydrogens is 226 g/mol. The summed E-state index contributed by atoms with van der Waals surface area (Å²) in [6, 6.07) is 9.80. The van der Waals surface area contributed by atoms with E-state index in [-0.39, 0.29) is 5.56 Å². The molecule has 1 aromatic carbocycles. The van der Waals surface area contributed by atoms with Crippen LogP contribution in [0.15, 0.2) is 35.1 Å². The number of benzene rings is 1. The molecule has 0 atom stereocenters. The molecule has 0 saturated heterocycles. The molecule has 0 amide bonds. The number of hydrogen-bond donors (Lipinski definition) is 1. The average Bonchev–Trinajstić information content (AvgIpc) is 2.38. The van der Waals surface area contributed by atoms with Crippen LogP contribution in [0.4, 0.5) is 5.95 Å². The van der Waals surface area contributed by atoms with E-state index >= 15 is 0 Å². The second kappa shape index (κ2) is 5.04. The van der Waals surface area contributed by atoms with E-state index < -0.39 is 0 Å². The molecule has 2 aromatic rings. The minimum absolute atomic E-state index is 0.0601. The van der Waals surface area contributed by atoms with Gasteiger partial charge in [-0.15, -0.1) is 0 Å². The fourth-order valence-electron chi connectivity index (χ4n) is 1.86. The molecule has 94 valence electrons. The zero-order valence-electron chi connectivity index (χ0n) is 10.9. The third-order valence-corrected chi connectivity index (χ3v) is 2.83. The molecule has 1 heterocycles. The van der Waals surface area contributed by atoms with Gasteiger partial charge in [0.15, 0.2) is 0 Å². The summed E-state index contributed by atoms with van der Waals surface area (Å²) < 4.78 is 0. The van der Waals surface area contributed by atoms with Crippen LogP contribution in [0, 0.1) is 0 Å². The second-order valence-corrected chi connectivity index (χ2v) is 4.33. The zero-order valence-corrected chi connectivity index (χ0v) is 10.9. The van der Waals surface area contributed by atoms with E-state index in [1.807, 2.05) is 51.4 Å². The first-order valence-electron chi connectivity index (χ1n) is 5.99. The summed E-state index contributed by atoms with van der Waals surface area (Å²) in [4.78, 5) is 21.2. The van der Waals surface area contributed by atoms with Crippen molar-refractivity contribution in [2.75, 3.05) is 19.0 Å². The summed E-state index contributed by atoms with van der Waals surface area (Å²) in [5, 5.41) is 0. The minimum Gasteiger partial charge on any atom is -0.348 e. The quantitative estimate of drug-likeness (QED) is 0.897. The van der Waals surface area contributed by atoms with Crippen LogP contribution in [0.25, 0.3) is 11.3 Å². The van der Waals surface area contributed by atoms with Crippen LogP contribution in [-0.4, -0.2) is 24.1 Å². The summed E-state index contributed by atoms with van der Waals surface area (Å²) in [7, 11) is 3.72. The molecule has 0 unspecified atom stereocenters. The highest BCUT2D eigenvalue weighted by Gasteiger charge is 2.12. The Morgan fingerprint density at radius 2 is 1.89 bits per heavy atom. The number of anilines is 1. The lowest BCUT2D eigenvalue weighted by atomic mass is 10.1. The maximum Gasteiger partial charge on any atom is 0.256 e. The molecule has 0 aliphatic heterocycles. The zero-order chi connectivity index (χ0) is 13.1. The number of rotatable bonds is 3. The summed E-state index contributed by atoms with van der Waals surface area (Å²) in [6.07, 6.45) is 0.667. The number of nitrogens with zero attached hydrogens (tertiary/aromatic N) is 2. The predicted molar refractivity (Wildman–Crippen MR) is 74.0 cm³/mol. The van der Waals surface area contributed by atoms with E-state index in [2.05, 4.69) is 9.97 Å². The number of nitrogens with one attached hydrogen (secondary N) is 1. The van der Waals surface area contributed by atoms with Crippen LogP contribution in [0.5, 0.6) is 0 Å². The highest BCUT2D eigenvalue weighted by Crippen LogP contribution is 2.20. The number of hydrogen-bond acceptors (Lipinski definition) is 3. The largest absolute Gasteiger partial charge is 0.348 e. The molecule has 0 aliphatic carbocycles. The van der Waals surface area contributed by atoms with Gasteiger partial charge in [-0.3, -0.25) is 9.78 Å². The minimum atomic E-state index is -0.0601. The Hall–Kier alpha value is -2.10. The summed E-state index contributed by atoms with van der Waals surface area (Å²) in [6.45, 7) is 1.97. The number of aromatic amines is 1. The maximum atomic E-state index is 12.0. The highest BCUT2D eigenvalue weighted by molar-refractivity contribution is 5.63. The molecule has 0 spiro atoms. The first kappa shape index (κ1) is 12.4. The van der Waals surface area contributed by atoms with Crippen LogP contribution in [-0.2, 0) is 6.42 Å². The molecule has 4 nitrogen and oxygen atoms in total. The molecule has 1 N–H and O–H groups in total. The SMILES string of the molecule is CCc1c(-c2ccccc2)nc(N(C)C)[nH]c1=O. The number of H-pyrrole nitrogens is 1. The summed E-state index contributed by atoms with van der Waals surface area (Å²) in [5.74, 6) is 0.580. The smallest absolute Gasteiger partial charge is 0.256 e. The average molecular weight is 243 g/mol. The lowest BCUT2D eigenvalue weighted by Crippen LogP contribution is -2.22. The van der Waals surface area contributed by atoms with Gasteiger partial charge in [-0.2, -0.15) is 0 Å². The van der Waals surface area contributed by atoms with E-state index in [4.69, 9.17) is 0 Å². The lowest BCUT2D eigenvalue weighted by molar-refractivity contribution is 0.947. The fourth-order valence-corrected chi connectivity index (χ4v) is 1.86. The summed E-state index contributed by atoms with van der Waals surface area (Å²) in [5.41, 5.74) is 2.41. The van der Waals surface area contributed by atoms with Crippen molar-refractivity contribution in [3.8, 4) is 11.3 Å². The Morgan fingerprint density at radius 3 is 2.44 bits per heavy atom. The van der Waals surface area contributed by atoms with Gasteiger partial charge in [-0.1, -0.05) is 37.3 Å². The molecule has 18 heavy (non-hydrogen) atoms. The molecule has 0 fully saturated rings. The van der Waals surface area contributed by atoms with Gasteiger partial charge in [0, 0.05) is 25.2 Å². The van der Waals surface area contributed by atoms with Crippen molar-refractivity contribution >= 4 is 5.95 Å². The van der Waals surface area contributed by atoms with Gasteiger partial charge in [0.1, 0.15) is 0 Å². The van der Waals surface area contributed by atoms with E-state index in [0.29, 0.717) is 12.4 Å². The Balaban J connectivity index is 2.68. The van der Waals surface area contributed by atoms with E-state index in [1.165, 1.54) is 0 Å². The Labute approximate surface area is 106 Å². The van der Waals surface area contributed by atoms with Crippen molar-refractivity contribution in [1.29, 1.82) is 0 Å². The van der Waals surface area contributed by atoms with Crippen LogP contribution in [0.1, 0.15) is 12.5 Å². The molecule has 0 bridgehead atoms. The molecule has 0 saturated carbocycles. The third-order valence-electron chi connectivity index (χ3n) is 2.83. The second-order valence-electron chi connectivity index (χ2n) is 4.33. The van der Waals surface area contributed by atoms with Crippen molar-refractivity contribution < 1.29 is 0 Å². The first-order chi connectivity index (χ1) is 8.63. The monoisotopic (exact) mass is 243 g/mol. The van der Waals surface area contributed by atoms with Crippen LogP contribution in [0.3, 0.4) is 0 Å². The normalized spacial score (nSPS) is 10.4. The van der Waals surface area contributed by atoms with Gasteiger partial charge in [-0.25, -0.2) is 4.98 Å². The van der Waals surface area contributed by atoms with Gasteiger partial charge in [0.05, 0.1) is 5.69 Å². The topological polar surface area (TPSA) is 49.0 Å². The lowest BCUT2D eigenvalue weighted by Gasteiger charge is -2.14. The number of aromatic nitrogens is 2. The van der Waals surface area contributed by atoms with Crippen molar-refractivity contribution in [1.82, 2.24) is 9.97 Å². The predicted octanol–water partition coefficient (Wildman–Crippen LogP) is 2.07. The molecule has 0 aliphatic rings. The molecule has 2 rings (SSSR count). The van der Waals surface area contributed by atoms with Gasteiger partial charge >= 0.3 is 0 Å². The van der Waals surface area contributed by atoms with E-state index in [0.717, 1.165) is 16.8 Å². The standard InChI is InChI=1S/C14H17N3O/c1-4-11-12(10-8-6-5-7-9-10)15-14(17(2)3)16-13(11)18/h5-9H,4H2,1-3H3,(H,15,16,18). The van der Waals surface area contributed by atoms with Crippen LogP contribution < -0.4 is 10.5 Å². The van der Waals surface area contributed by atoms with Crippen LogP contribution in [0.2, 0.25) is 0 Å². The fraction of sp³-hybridized carbons (Fsp3) is 0.286. The molecule has 4 heteroatoms. The van der Waals surface area contributed by atoms with Crippen LogP contribution >= 0.6 is 0 Å². The molecule has 0 radical (unpaired) electrons. The van der Waals surface area contributed by atoms with Crippen molar-refractivity contribution in [2.45, 2.75) is 13.3 Å². The van der Waals surface area contributed by atoms with Crippen molar-refractivity contribution in [2.24, 2.45) is 0 Å². The molecular formula is C14H17N3O. The first-order valence-corrected chi connectivity index (χ1v) is 5.99. The molecule has 1 aromatic heterocycles. The highest BCUT2D eigenvalue weighted by atomic mass is 16.1. The van der Waals surface area contributed by atoms with Crippen molar-refractivity contribution in [3.05, 3.63) is 46.2 Å². The Kier molecular flexibility index (Phi) is 3.46. The van der Waals surface area contributed by atoms with Gasteiger partial charge in [0.2, 0.25) is 5.95 Å².